The standard InChI is InChI=1S/C20H17ClN4O2S2/c1-27-16-5-3-4-14(10-16)12-25(15-8-6-13(11-22)7-9-15)20-23-17(18(21)29-20)19(26)24-28-2/h3-10H,12H2,1-2H3,(H,24,26). The van der Waals surface area contributed by atoms with E-state index in [-0.39, 0.29) is 11.6 Å². The fourth-order valence-corrected chi connectivity index (χ4v) is 4.06. The Balaban J connectivity index is 2.01. The molecule has 0 aliphatic carbocycles. The Hall–Kier alpha value is -2.73. The summed E-state index contributed by atoms with van der Waals surface area (Å²) < 4.78 is 8.27. The second-order valence-corrected chi connectivity index (χ2v) is 8.04. The Labute approximate surface area is 182 Å². The van der Waals surface area contributed by atoms with E-state index >= 15 is 0 Å². The average molecular weight is 445 g/mol. The van der Waals surface area contributed by atoms with Crippen molar-refractivity contribution < 1.29 is 9.53 Å². The minimum atomic E-state index is -0.342. The highest BCUT2D eigenvalue weighted by molar-refractivity contribution is 7.97. The molecule has 3 aromatic rings. The summed E-state index contributed by atoms with van der Waals surface area (Å²) in [7, 11) is 1.62. The number of benzene rings is 2. The van der Waals surface area contributed by atoms with Gasteiger partial charge in [-0.25, -0.2) is 4.98 Å². The number of nitrogens with zero attached hydrogens (tertiary/aromatic N) is 3. The van der Waals surface area contributed by atoms with Crippen molar-refractivity contribution in [1.29, 1.82) is 5.26 Å². The highest BCUT2D eigenvalue weighted by Gasteiger charge is 2.21. The number of methoxy groups -OCH3 is 1. The van der Waals surface area contributed by atoms with Crippen molar-refractivity contribution in [1.82, 2.24) is 9.71 Å². The van der Waals surface area contributed by atoms with Gasteiger partial charge in [0.2, 0.25) is 0 Å². The Bertz CT molecular complexity index is 1050. The summed E-state index contributed by atoms with van der Waals surface area (Å²) in [5, 5.41) is 9.65. The second kappa shape index (κ2) is 9.65. The Kier molecular flexibility index (Phi) is 6.99. The van der Waals surface area contributed by atoms with Gasteiger partial charge in [0.25, 0.3) is 5.91 Å². The number of carbonyl (C=O) groups is 1. The number of halogens is 1. The molecule has 1 N–H and O–H groups in total. The molecular formula is C20H17ClN4O2S2. The minimum absolute atomic E-state index is 0.185. The van der Waals surface area contributed by atoms with Crippen LogP contribution in [0.2, 0.25) is 4.34 Å². The predicted octanol–water partition coefficient (Wildman–Crippen LogP) is 5.02. The molecule has 29 heavy (non-hydrogen) atoms. The molecule has 1 heterocycles. The molecule has 148 valence electrons. The molecule has 3 rings (SSSR count). The van der Waals surface area contributed by atoms with E-state index in [4.69, 9.17) is 21.6 Å². The molecule has 0 saturated heterocycles. The van der Waals surface area contributed by atoms with E-state index in [9.17, 15) is 4.79 Å². The summed E-state index contributed by atoms with van der Waals surface area (Å²) in [5.41, 5.74) is 2.57. The molecular weight excluding hydrogens is 428 g/mol. The van der Waals surface area contributed by atoms with Crippen molar-refractivity contribution in [3.05, 3.63) is 69.7 Å². The van der Waals surface area contributed by atoms with Gasteiger partial charge in [-0.3, -0.25) is 9.52 Å². The molecule has 0 aliphatic heterocycles. The summed E-state index contributed by atoms with van der Waals surface area (Å²) >= 11 is 8.71. The number of carbonyl (C=O) groups excluding carboxylic acids is 1. The smallest absolute Gasteiger partial charge is 0.282 e. The molecule has 0 atom stereocenters. The molecule has 1 amide bonds. The number of nitrogens with one attached hydrogen (secondary N) is 1. The zero-order valence-corrected chi connectivity index (χ0v) is 18.1. The van der Waals surface area contributed by atoms with E-state index in [1.54, 1.807) is 25.5 Å². The third-order valence-electron chi connectivity index (χ3n) is 4.00. The lowest BCUT2D eigenvalue weighted by atomic mass is 10.1. The highest BCUT2D eigenvalue weighted by atomic mass is 35.5. The fourth-order valence-electron chi connectivity index (χ4n) is 2.63. The molecule has 0 radical (unpaired) electrons. The minimum Gasteiger partial charge on any atom is -0.497 e. The summed E-state index contributed by atoms with van der Waals surface area (Å²) in [6, 6.07) is 17.0. The third kappa shape index (κ3) is 5.01. The molecule has 0 saturated carbocycles. The Morgan fingerprint density at radius 2 is 2.10 bits per heavy atom. The fraction of sp³-hybridized carbons (Fsp3) is 0.150. The van der Waals surface area contributed by atoms with Gasteiger partial charge in [0.05, 0.1) is 25.3 Å². The van der Waals surface area contributed by atoms with Crippen LogP contribution in [-0.2, 0) is 6.54 Å². The first-order valence-corrected chi connectivity index (χ1v) is 10.9. The first-order chi connectivity index (χ1) is 14.0. The predicted molar refractivity (Wildman–Crippen MR) is 118 cm³/mol. The molecule has 0 bridgehead atoms. The van der Waals surface area contributed by atoms with Gasteiger partial charge in [0.15, 0.2) is 10.8 Å². The summed E-state index contributed by atoms with van der Waals surface area (Å²) in [4.78, 5) is 18.6. The van der Waals surface area contributed by atoms with Crippen LogP contribution in [-0.4, -0.2) is 24.3 Å². The SMILES string of the molecule is COc1cccc(CN(c2ccc(C#N)cc2)c2nc(C(=O)NSC)c(Cl)s2)c1. The van der Waals surface area contributed by atoms with Gasteiger partial charge < -0.3 is 9.64 Å². The molecule has 0 spiro atoms. The van der Waals surface area contributed by atoms with Crippen LogP contribution >= 0.6 is 34.9 Å². The normalized spacial score (nSPS) is 10.3. The molecule has 0 fully saturated rings. The number of hydrogen-bond acceptors (Lipinski definition) is 7. The highest BCUT2D eigenvalue weighted by Crippen LogP contribution is 2.36. The van der Waals surface area contributed by atoms with E-state index in [1.165, 1.54) is 23.3 Å². The molecule has 6 nitrogen and oxygen atoms in total. The van der Waals surface area contributed by atoms with Gasteiger partial charge >= 0.3 is 0 Å². The number of thiazole rings is 1. The monoisotopic (exact) mass is 444 g/mol. The van der Waals surface area contributed by atoms with E-state index < -0.39 is 0 Å². The van der Waals surface area contributed by atoms with Gasteiger partial charge in [0, 0.05) is 11.9 Å². The first-order valence-electron chi connectivity index (χ1n) is 8.46. The molecule has 1 aromatic heterocycles. The summed E-state index contributed by atoms with van der Waals surface area (Å²) in [6.45, 7) is 0.483. The zero-order valence-electron chi connectivity index (χ0n) is 15.7. The van der Waals surface area contributed by atoms with Gasteiger partial charge in [-0.2, -0.15) is 5.26 Å². The maximum Gasteiger partial charge on any atom is 0.282 e. The van der Waals surface area contributed by atoms with Crippen LogP contribution < -0.4 is 14.4 Å². The van der Waals surface area contributed by atoms with Gasteiger partial charge in [-0.05, 0) is 42.0 Å². The van der Waals surface area contributed by atoms with Crippen LogP contribution in [0.3, 0.4) is 0 Å². The van der Waals surface area contributed by atoms with E-state index in [0.29, 0.717) is 21.6 Å². The topological polar surface area (TPSA) is 78.2 Å². The van der Waals surface area contributed by atoms with Gasteiger partial charge in [0.1, 0.15) is 10.1 Å². The molecule has 0 aliphatic rings. The first kappa shape index (κ1) is 21.0. The second-order valence-electron chi connectivity index (χ2n) is 5.85. The van der Waals surface area contributed by atoms with Crippen molar-refractivity contribution in [2.45, 2.75) is 6.54 Å². The van der Waals surface area contributed by atoms with Gasteiger partial charge in [-0.1, -0.05) is 47.0 Å². The van der Waals surface area contributed by atoms with Crippen LogP contribution in [0.1, 0.15) is 21.6 Å². The zero-order chi connectivity index (χ0) is 20.8. The van der Waals surface area contributed by atoms with Gasteiger partial charge in [-0.15, -0.1) is 0 Å². The number of aromatic nitrogens is 1. The van der Waals surface area contributed by atoms with E-state index in [1.807, 2.05) is 41.3 Å². The summed E-state index contributed by atoms with van der Waals surface area (Å²) in [5.74, 6) is 0.408. The lowest BCUT2D eigenvalue weighted by molar-refractivity contribution is 0.0980. The number of hydrogen-bond donors (Lipinski definition) is 1. The Morgan fingerprint density at radius 3 is 2.76 bits per heavy atom. The number of anilines is 2. The Morgan fingerprint density at radius 1 is 1.34 bits per heavy atom. The van der Waals surface area contributed by atoms with Crippen LogP contribution in [0, 0.1) is 11.3 Å². The summed E-state index contributed by atoms with van der Waals surface area (Å²) in [6.07, 6.45) is 1.75. The van der Waals surface area contributed by atoms with Crippen molar-refractivity contribution in [2.24, 2.45) is 0 Å². The van der Waals surface area contributed by atoms with E-state index in [2.05, 4.69) is 15.8 Å². The lowest BCUT2D eigenvalue weighted by Gasteiger charge is -2.22. The van der Waals surface area contributed by atoms with Crippen molar-refractivity contribution in [3.63, 3.8) is 0 Å². The number of ether oxygens (including phenoxy) is 1. The van der Waals surface area contributed by atoms with Crippen LogP contribution in [0.15, 0.2) is 48.5 Å². The third-order valence-corrected chi connectivity index (χ3v) is 5.66. The van der Waals surface area contributed by atoms with E-state index in [0.717, 1.165) is 17.0 Å². The maximum atomic E-state index is 12.2. The molecule has 2 aromatic carbocycles. The van der Waals surface area contributed by atoms with Crippen molar-refractivity contribution in [2.75, 3.05) is 18.3 Å². The van der Waals surface area contributed by atoms with Crippen LogP contribution in [0.4, 0.5) is 10.8 Å². The lowest BCUT2D eigenvalue weighted by Crippen LogP contribution is -2.18. The number of nitriles is 1. The number of rotatable bonds is 7. The van der Waals surface area contributed by atoms with Crippen molar-refractivity contribution >= 4 is 51.6 Å². The quantitative estimate of drug-likeness (QED) is 0.515. The molecule has 0 unspecified atom stereocenters. The van der Waals surface area contributed by atoms with Crippen LogP contribution in [0.5, 0.6) is 5.75 Å². The number of amides is 1. The van der Waals surface area contributed by atoms with Crippen molar-refractivity contribution in [3.8, 4) is 11.8 Å². The maximum absolute atomic E-state index is 12.2. The molecule has 9 heteroatoms. The average Bonchev–Trinajstić information content (AvgIpc) is 3.14. The largest absolute Gasteiger partial charge is 0.497 e. The van der Waals surface area contributed by atoms with Crippen LogP contribution in [0.25, 0.3) is 0 Å².